The lowest BCUT2D eigenvalue weighted by Gasteiger charge is -2.37. The van der Waals surface area contributed by atoms with Crippen LogP contribution in [0.25, 0.3) is 0 Å². The van der Waals surface area contributed by atoms with E-state index in [9.17, 15) is 0 Å². The summed E-state index contributed by atoms with van der Waals surface area (Å²) < 4.78 is 0. The number of piperidine rings is 1. The Hall–Kier alpha value is -0.280. The molecule has 4 heteroatoms. The fraction of sp³-hybridized carbons (Fsp3) is 0.647. The molecule has 0 radical (unpaired) electrons. The van der Waals surface area contributed by atoms with Gasteiger partial charge < -0.3 is 10.2 Å². The molecule has 3 unspecified atom stereocenters. The topological polar surface area (TPSA) is 15.3 Å². The molecule has 2 rings (SSSR count). The smallest absolute Gasteiger partial charge is 0.0640 e. The van der Waals surface area contributed by atoms with Gasteiger partial charge in [0.05, 0.1) is 10.0 Å². The Morgan fingerprint density at radius 1 is 1.29 bits per heavy atom. The summed E-state index contributed by atoms with van der Waals surface area (Å²) in [6, 6.07) is 6.82. The molecule has 118 valence electrons. The lowest BCUT2D eigenvalue weighted by molar-refractivity contribution is 0.119. The van der Waals surface area contributed by atoms with E-state index in [1.807, 2.05) is 19.2 Å². The molecule has 0 amide bonds. The number of benzene rings is 1. The van der Waals surface area contributed by atoms with E-state index >= 15 is 0 Å². The van der Waals surface area contributed by atoms with Crippen LogP contribution in [0.15, 0.2) is 18.2 Å². The maximum atomic E-state index is 6.35. The summed E-state index contributed by atoms with van der Waals surface area (Å²) in [6.45, 7) is 7.00. The average Bonchev–Trinajstić information content (AvgIpc) is 2.47. The summed E-state index contributed by atoms with van der Waals surface area (Å²) in [5.41, 5.74) is 1.10. The SMILES string of the molecule is CNC(CCN1CC(C)CCC1C)c1cccc(Cl)c1Cl. The van der Waals surface area contributed by atoms with Crippen molar-refractivity contribution >= 4 is 23.2 Å². The van der Waals surface area contributed by atoms with Crippen LogP contribution in [0, 0.1) is 5.92 Å². The number of hydrogen-bond donors (Lipinski definition) is 1. The van der Waals surface area contributed by atoms with Crippen LogP contribution >= 0.6 is 23.2 Å². The van der Waals surface area contributed by atoms with Crippen molar-refractivity contribution in [1.29, 1.82) is 0 Å². The molecule has 0 bridgehead atoms. The quantitative estimate of drug-likeness (QED) is 0.837. The third-order valence-electron chi connectivity index (χ3n) is 4.66. The zero-order chi connectivity index (χ0) is 15.4. The third-order valence-corrected chi connectivity index (χ3v) is 5.49. The normalized spacial score (nSPS) is 25.0. The fourth-order valence-electron chi connectivity index (χ4n) is 3.23. The summed E-state index contributed by atoms with van der Waals surface area (Å²) in [6.07, 6.45) is 3.71. The third kappa shape index (κ3) is 4.35. The molecule has 1 aliphatic heterocycles. The molecule has 3 atom stereocenters. The molecular formula is C17H26Cl2N2. The van der Waals surface area contributed by atoms with Crippen LogP contribution in [0.4, 0.5) is 0 Å². The molecular weight excluding hydrogens is 303 g/mol. The molecule has 21 heavy (non-hydrogen) atoms. The first-order valence-electron chi connectivity index (χ1n) is 7.88. The molecule has 1 heterocycles. The standard InChI is InChI=1S/C17H26Cl2N2/c1-12-7-8-13(2)21(11-12)10-9-16(20-3)14-5-4-6-15(18)17(14)19/h4-6,12-13,16,20H,7-11H2,1-3H3. The first-order valence-corrected chi connectivity index (χ1v) is 8.63. The minimum atomic E-state index is 0.251. The van der Waals surface area contributed by atoms with Crippen LogP contribution in [0.3, 0.4) is 0 Å². The molecule has 0 saturated carbocycles. The van der Waals surface area contributed by atoms with Crippen molar-refractivity contribution in [3.8, 4) is 0 Å². The van der Waals surface area contributed by atoms with Crippen LogP contribution in [0.5, 0.6) is 0 Å². The van der Waals surface area contributed by atoms with E-state index in [0.717, 1.165) is 24.4 Å². The second-order valence-corrected chi connectivity index (χ2v) is 7.08. The fourth-order valence-corrected chi connectivity index (χ4v) is 3.67. The lowest BCUT2D eigenvalue weighted by atomic mass is 9.94. The van der Waals surface area contributed by atoms with Crippen molar-refractivity contribution in [2.75, 3.05) is 20.1 Å². The number of nitrogens with one attached hydrogen (secondary N) is 1. The number of likely N-dealkylation sites (tertiary alicyclic amines) is 1. The molecule has 2 nitrogen and oxygen atoms in total. The zero-order valence-electron chi connectivity index (χ0n) is 13.2. The molecule has 1 aliphatic rings. The molecule has 0 aromatic heterocycles. The van der Waals surface area contributed by atoms with E-state index in [4.69, 9.17) is 23.2 Å². The summed E-state index contributed by atoms with van der Waals surface area (Å²) in [7, 11) is 1.99. The summed E-state index contributed by atoms with van der Waals surface area (Å²) >= 11 is 12.5. The molecule has 0 aliphatic carbocycles. The highest BCUT2D eigenvalue weighted by atomic mass is 35.5. The van der Waals surface area contributed by atoms with Crippen molar-refractivity contribution in [2.45, 2.75) is 45.2 Å². The molecule has 1 N–H and O–H groups in total. The largest absolute Gasteiger partial charge is 0.313 e. The number of hydrogen-bond acceptors (Lipinski definition) is 2. The maximum absolute atomic E-state index is 6.35. The van der Waals surface area contributed by atoms with E-state index in [-0.39, 0.29) is 6.04 Å². The maximum Gasteiger partial charge on any atom is 0.0640 e. The van der Waals surface area contributed by atoms with Gasteiger partial charge in [-0.3, -0.25) is 0 Å². The van der Waals surface area contributed by atoms with Crippen LogP contribution in [-0.2, 0) is 0 Å². The van der Waals surface area contributed by atoms with Crippen LogP contribution in [-0.4, -0.2) is 31.1 Å². The molecule has 1 aromatic rings. The molecule has 1 saturated heterocycles. The Balaban J connectivity index is 2.01. The van der Waals surface area contributed by atoms with Crippen LogP contribution < -0.4 is 5.32 Å². The summed E-state index contributed by atoms with van der Waals surface area (Å²) in [4.78, 5) is 2.61. The highest BCUT2D eigenvalue weighted by Gasteiger charge is 2.24. The predicted octanol–water partition coefficient (Wildman–Crippen LogP) is 4.76. The number of halogens is 2. The first kappa shape index (κ1) is 17.1. The van der Waals surface area contributed by atoms with Gasteiger partial charge in [0.25, 0.3) is 0 Å². The second kappa shape index (κ2) is 7.82. The summed E-state index contributed by atoms with van der Waals surface area (Å²) in [5, 5.41) is 4.70. The van der Waals surface area contributed by atoms with E-state index in [2.05, 4.69) is 30.1 Å². The van der Waals surface area contributed by atoms with Crippen molar-refractivity contribution in [2.24, 2.45) is 5.92 Å². The van der Waals surface area contributed by atoms with Crippen LogP contribution in [0.1, 0.15) is 44.7 Å². The molecule has 1 aromatic carbocycles. The first-order chi connectivity index (χ1) is 10.0. The zero-order valence-corrected chi connectivity index (χ0v) is 14.7. The van der Waals surface area contributed by atoms with E-state index in [0.29, 0.717) is 16.1 Å². The van der Waals surface area contributed by atoms with Crippen molar-refractivity contribution < 1.29 is 0 Å². The van der Waals surface area contributed by atoms with Gasteiger partial charge in [-0.1, -0.05) is 42.3 Å². The van der Waals surface area contributed by atoms with Gasteiger partial charge in [-0.25, -0.2) is 0 Å². The van der Waals surface area contributed by atoms with Gasteiger partial charge in [-0.05, 0) is 50.8 Å². The van der Waals surface area contributed by atoms with Gasteiger partial charge in [0.2, 0.25) is 0 Å². The highest BCUT2D eigenvalue weighted by Crippen LogP contribution is 2.32. The van der Waals surface area contributed by atoms with Gasteiger partial charge in [0.15, 0.2) is 0 Å². The minimum absolute atomic E-state index is 0.251. The molecule has 0 spiro atoms. The number of rotatable bonds is 5. The Kier molecular flexibility index (Phi) is 6.36. The van der Waals surface area contributed by atoms with Crippen molar-refractivity contribution in [1.82, 2.24) is 10.2 Å². The Bertz CT molecular complexity index is 464. The van der Waals surface area contributed by atoms with E-state index in [1.165, 1.54) is 19.4 Å². The van der Waals surface area contributed by atoms with Gasteiger partial charge in [0, 0.05) is 25.2 Å². The minimum Gasteiger partial charge on any atom is -0.313 e. The van der Waals surface area contributed by atoms with Crippen molar-refractivity contribution in [3.05, 3.63) is 33.8 Å². The van der Waals surface area contributed by atoms with Crippen LogP contribution in [0.2, 0.25) is 10.0 Å². The average molecular weight is 329 g/mol. The monoisotopic (exact) mass is 328 g/mol. The Morgan fingerprint density at radius 2 is 2.05 bits per heavy atom. The van der Waals surface area contributed by atoms with E-state index < -0.39 is 0 Å². The second-order valence-electron chi connectivity index (χ2n) is 6.30. The highest BCUT2D eigenvalue weighted by molar-refractivity contribution is 6.42. The van der Waals surface area contributed by atoms with Gasteiger partial charge in [0.1, 0.15) is 0 Å². The van der Waals surface area contributed by atoms with E-state index in [1.54, 1.807) is 0 Å². The Morgan fingerprint density at radius 3 is 2.76 bits per heavy atom. The number of nitrogens with zero attached hydrogens (tertiary/aromatic N) is 1. The van der Waals surface area contributed by atoms with Gasteiger partial charge in [-0.2, -0.15) is 0 Å². The lowest BCUT2D eigenvalue weighted by Crippen LogP contribution is -2.42. The van der Waals surface area contributed by atoms with Crippen molar-refractivity contribution in [3.63, 3.8) is 0 Å². The summed E-state index contributed by atoms with van der Waals surface area (Å²) in [5.74, 6) is 0.809. The molecule has 1 fully saturated rings. The van der Waals surface area contributed by atoms with Gasteiger partial charge in [-0.15, -0.1) is 0 Å². The predicted molar refractivity (Wildman–Crippen MR) is 92.3 cm³/mol. The Labute approximate surface area is 138 Å². The van der Waals surface area contributed by atoms with Gasteiger partial charge >= 0.3 is 0 Å².